The molecule has 3 aromatic rings. The van der Waals surface area contributed by atoms with Crippen LogP contribution in [0.1, 0.15) is 15.9 Å². The summed E-state index contributed by atoms with van der Waals surface area (Å²) < 4.78 is 10.6. The molecule has 0 atom stereocenters. The van der Waals surface area contributed by atoms with Crippen molar-refractivity contribution < 1.29 is 19.1 Å². The molecule has 3 aromatic carbocycles. The molecule has 0 heterocycles. The summed E-state index contributed by atoms with van der Waals surface area (Å²) >= 11 is 0. The van der Waals surface area contributed by atoms with E-state index in [0.29, 0.717) is 17.9 Å². The van der Waals surface area contributed by atoms with Crippen LogP contribution in [0.2, 0.25) is 0 Å². The van der Waals surface area contributed by atoms with E-state index in [2.05, 4.69) is 5.32 Å². The van der Waals surface area contributed by atoms with Gasteiger partial charge in [-0.05, 0) is 23.4 Å². The normalized spacial score (nSPS) is 10.4. The third-order valence-corrected chi connectivity index (χ3v) is 4.21. The standard InChI is InChI=1S/C22H21NO4/c1-26-22(25)19-12-11-17-9-5-6-10-18(17)21(19)27-15-20(24)23-14-13-16-7-3-2-4-8-16/h2-12H,13-15H2,1H3,(H,23,24). The van der Waals surface area contributed by atoms with Gasteiger partial charge in [0.15, 0.2) is 6.61 Å². The van der Waals surface area contributed by atoms with Crippen LogP contribution >= 0.6 is 0 Å². The van der Waals surface area contributed by atoms with Crippen LogP contribution < -0.4 is 10.1 Å². The molecule has 0 aliphatic heterocycles. The fourth-order valence-corrected chi connectivity index (χ4v) is 2.85. The molecule has 5 heteroatoms. The van der Waals surface area contributed by atoms with Crippen molar-refractivity contribution >= 4 is 22.6 Å². The van der Waals surface area contributed by atoms with Crippen molar-refractivity contribution in [3.05, 3.63) is 77.9 Å². The average Bonchev–Trinajstić information content (AvgIpc) is 2.72. The molecule has 0 unspecified atom stereocenters. The van der Waals surface area contributed by atoms with Gasteiger partial charge in [0, 0.05) is 11.9 Å². The van der Waals surface area contributed by atoms with Gasteiger partial charge in [-0.25, -0.2) is 4.79 Å². The number of hydrogen-bond donors (Lipinski definition) is 1. The summed E-state index contributed by atoms with van der Waals surface area (Å²) in [6.45, 7) is 0.346. The topological polar surface area (TPSA) is 64.6 Å². The molecule has 1 N–H and O–H groups in total. The summed E-state index contributed by atoms with van der Waals surface area (Å²) in [7, 11) is 1.32. The van der Waals surface area contributed by atoms with Crippen LogP contribution in [-0.2, 0) is 16.0 Å². The van der Waals surface area contributed by atoms with Crippen LogP contribution in [-0.4, -0.2) is 32.1 Å². The molecular formula is C22H21NO4. The van der Waals surface area contributed by atoms with E-state index in [4.69, 9.17) is 9.47 Å². The highest BCUT2D eigenvalue weighted by atomic mass is 16.5. The largest absolute Gasteiger partial charge is 0.482 e. The lowest BCUT2D eigenvalue weighted by atomic mass is 10.1. The van der Waals surface area contributed by atoms with Gasteiger partial charge in [0.05, 0.1) is 7.11 Å². The van der Waals surface area contributed by atoms with Crippen molar-refractivity contribution in [3.63, 3.8) is 0 Å². The molecule has 1 amide bonds. The first-order chi connectivity index (χ1) is 13.2. The number of benzene rings is 3. The van der Waals surface area contributed by atoms with Crippen molar-refractivity contribution in [1.29, 1.82) is 0 Å². The number of carbonyl (C=O) groups is 2. The number of amides is 1. The van der Waals surface area contributed by atoms with Gasteiger partial charge in [-0.3, -0.25) is 4.79 Å². The Balaban J connectivity index is 1.66. The zero-order chi connectivity index (χ0) is 19.1. The van der Waals surface area contributed by atoms with Crippen LogP contribution in [0.15, 0.2) is 66.7 Å². The lowest BCUT2D eigenvalue weighted by molar-refractivity contribution is -0.123. The lowest BCUT2D eigenvalue weighted by Crippen LogP contribution is -2.30. The van der Waals surface area contributed by atoms with E-state index in [1.165, 1.54) is 7.11 Å². The number of carbonyl (C=O) groups excluding carboxylic acids is 2. The summed E-state index contributed by atoms with van der Waals surface area (Å²) in [4.78, 5) is 24.2. The summed E-state index contributed by atoms with van der Waals surface area (Å²) in [6.07, 6.45) is 0.744. The number of nitrogens with one attached hydrogen (secondary N) is 1. The quantitative estimate of drug-likeness (QED) is 0.654. The van der Waals surface area contributed by atoms with Crippen molar-refractivity contribution in [2.45, 2.75) is 6.42 Å². The minimum atomic E-state index is -0.500. The zero-order valence-corrected chi connectivity index (χ0v) is 15.1. The first kappa shape index (κ1) is 18.5. The third kappa shape index (κ3) is 4.64. The van der Waals surface area contributed by atoms with Gasteiger partial charge < -0.3 is 14.8 Å². The van der Waals surface area contributed by atoms with Gasteiger partial charge in [0.1, 0.15) is 11.3 Å². The maximum atomic E-state index is 12.1. The van der Waals surface area contributed by atoms with Gasteiger partial charge in [-0.1, -0.05) is 60.7 Å². The van der Waals surface area contributed by atoms with E-state index in [0.717, 1.165) is 22.8 Å². The number of ether oxygens (including phenoxy) is 2. The minimum Gasteiger partial charge on any atom is -0.482 e. The van der Waals surface area contributed by atoms with Gasteiger partial charge in [-0.15, -0.1) is 0 Å². The van der Waals surface area contributed by atoms with Crippen molar-refractivity contribution in [3.8, 4) is 5.75 Å². The minimum absolute atomic E-state index is 0.174. The van der Waals surface area contributed by atoms with E-state index >= 15 is 0 Å². The first-order valence-electron chi connectivity index (χ1n) is 8.72. The monoisotopic (exact) mass is 363 g/mol. The van der Waals surface area contributed by atoms with Gasteiger partial charge >= 0.3 is 5.97 Å². The maximum Gasteiger partial charge on any atom is 0.341 e. The molecule has 0 spiro atoms. The van der Waals surface area contributed by atoms with Crippen molar-refractivity contribution in [2.24, 2.45) is 0 Å². The maximum absolute atomic E-state index is 12.1. The van der Waals surface area contributed by atoms with E-state index < -0.39 is 5.97 Å². The second kappa shape index (κ2) is 8.85. The molecule has 0 aliphatic carbocycles. The smallest absolute Gasteiger partial charge is 0.341 e. The SMILES string of the molecule is COC(=O)c1ccc2ccccc2c1OCC(=O)NCCc1ccccc1. The molecule has 138 valence electrons. The highest BCUT2D eigenvalue weighted by molar-refractivity contribution is 6.01. The second-order valence-corrected chi connectivity index (χ2v) is 6.03. The van der Waals surface area contributed by atoms with Crippen LogP contribution in [0.25, 0.3) is 10.8 Å². The molecule has 0 saturated carbocycles. The number of hydrogen-bond acceptors (Lipinski definition) is 4. The van der Waals surface area contributed by atoms with Crippen molar-refractivity contribution in [2.75, 3.05) is 20.3 Å². The first-order valence-corrected chi connectivity index (χ1v) is 8.72. The Hall–Kier alpha value is -3.34. The molecule has 0 aromatic heterocycles. The Morgan fingerprint density at radius 1 is 0.926 bits per heavy atom. The fourth-order valence-electron chi connectivity index (χ4n) is 2.85. The molecule has 0 bridgehead atoms. The summed E-state index contributed by atoms with van der Waals surface area (Å²) in [5.74, 6) is -0.381. The van der Waals surface area contributed by atoms with Crippen LogP contribution in [0.5, 0.6) is 5.75 Å². The molecule has 0 saturated heterocycles. The third-order valence-electron chi connectivity index (χ3n) is 4.21. The van der Waals surface area contributed by atoms with Crippen molar-refractivity contribution in [1.82, 2.24) is 5.32 Å². The summed E-state index contributed by atoms with van der Waals surface area (Å²) in [5, 5.41) is 4.51. The lowest BCUT2D eigenvalue weighted by Gasteiger charge is -2.13. The molecule has 27 heavy (non-hydrogen) atoms. The Bertz CT molecular complexity index is 937. The molecule has 0 radical (unpaired) electrons. The highest BCUT2D eigenvalue weighted by Gasteiger charge is 2.17. The van der Waals surface area contributed by atoms with E-state index in [1.54, 1.807) is 6.07 Å². The highest BCUT2D eigenvalue weighted by Crippen LogP contribution is 2.30. The Kier molecular flexibility index (Phi) is 6.05. The van der Waals surface area contributed by atoms with Crippen LogP contribution in [0.3, 0.4) is 0 Å². The molecule has 0 aliphatic rings. The predicted molar refractivity (Wildman–Crippen MR) is 104 cm³/mol. The molecular weight excluding hydrogens is 342 g/mol. The molecule has 0 fully saturated rings. The fraction of sp³-hybridized carbons (Fsp3) is 0.182. The number of rotatable bonds is 7. The molecule has 5 nitrogen and oxygen atoms in total. The zero-order valence-electron chi connectivity index (χ0n) is 15.1. The van der Waals surface area contributed by atoms with E-state index in [-0.39, 0.29) is 12.5 Å². The van der Waals surface area contributed by atoms with E-state index in [1.807, 2.05) is 60.7 Å². The Labute approximate surface area is 157 Å². The number of fused-ring (bicyclic) bond motifs is 1. The van der Waals surface area contributed by atoms with Crippen LogP contribution in [0, 0.1) is 0 Å². The van der Waals surface area contributed by atoms with Gasteiger partial charge in [-0.2, -0.15) is 0 Å². The summed E-state index contributed by atoms with van der Waals surface area (Å²) in [5.41, 5.74) is 1.45. The van der Waals surface area contributed by atoms with Gasteiger partial charge in [0.25, 0.3) is 5.91 Å². The van der Waals surface area contributed by atoms with E-state index in [9.17, 15) is 9.59 Å². The Morgan fingerprint density at radius 2 is 1.67 bits per heavy atom. The van der Waals surface area contributed by atoms with Crippen LogP contribution in [0.4, 0.5) is 0 Å². The average molecular weight is 363 g/mol. The number of methoxy groups -OCH3 is 1. The number of esters is 1. The summed E-state index contributed by atoms with van der Waals surface area (Å²) in [6, 6.07) is 20.9. The predicted octanol–water partition coefficient (Wildman–Crippen LogP) is 3.36. The second-order valence-electron chi connectivity index (χ2n) is 6.03. The molecule has 3 rings (SSSR count). The van der Waals surface area contributed by atoms with Gasteiger partial charge in [0.2, 0.25) is 0 Å². The Morgan fingerprint density at radius 3 is 2.44 bits per heavy atom.